The fourth-order valence-electron chi connectivity index (χ4n) is 1.17. The first-order valence-corrected chi connectivity index (χ1v) is 5.10. The van der Waals surface area contributed by atoms with Crippen LogP contribution in [0.25, 0.3) is 0 Å². The lowest BCUT2D eigenvalue weighted by atomic mass is 10.0. The van der Waals surface area contributed by atoms with E-state index < -0.39 is 12.0 Å². The van der Waals surface area contributed by atoms with Crippen molar-refractivity contribution in [2.75, 3.05) is 13.2 Å². The molecule has 2 N–H and O–H groups in total. The largest absolute Gasteiger partial charge is 0.480 e. The molecule has 5 heteroatoms. The van der Waals surface area contributed by atoms with Gasteiger partial charge in [-0.15, -0.1) is 0 Å². The highest BCUT2D eigenvalue weighted by molar-refractivity contribution is 5.74. The van der Waals surface area contributed by atoms with Gasteiger partial charge in [0.05, 0.1) is 13.0 Å². The molecule has 0 aliphatic heterocycles. The first-order chi connectivity index (χ1) is 6.99. The molecule has 5 nitrogen and oxygen atoms in total. The number of hydrogen-bond acceptors (Lipinski definition) is 4. The molecular weight excluding hydrogens is 198 g/mol. The molecule has 0 saturated carbocycles. The maximum absolute atomic E-state index is 11.0. The summed E-state index contributed by atoms with van der Waals surface area (Å²) in [7, 11) is 0. The van der Waals surface area contributed by atoms with Gasteiger partial charge in [0.1, 0.15) is 6.04 Å². The van der Waals surface area contributed by atoms with Crippen LogP contribution in [0.3, 0.4) is 0 Å². The van der Waals surface area contributed by atoms with E-state index in [9.17, 15) is 9.59 Å². The Hall–Kier alpha value is -1.10. The minimum atomic E-state index is -0.895. The molecule has 0 saturated heterocycles. The molecule has 15 heavy (non-hydrogen) atoms. The Balaban J connectivity index is 3.81. The van der Waals surface area contributed by atoms with Crippen LogP contribution >= 0.6 is 0 Å². The number of carbonyl (C=O) groups excluding carboxylic acids is 1. The van der Waals surface area contributed by atoms with Gasteiger partial charge in [0.25, 0.3) is 0 Å². The van der Waals surface area contributed by atoms with E-state index in [0.29, 0.717) is 13.2 Å². The number of rotatable bonds is 7. The highest BCUT2D eigenvalue weighted by atomic mass is 16.5. The summed E-state index contributed by atoms with van der Waals surface area (Å²) in [6.07, 6.45) is 0.199. The van der Waals surface area contributed by atoms with Gasteiger partial charge in [-0.1, -0.05) is 13.8 Å². The second-order valence-corrected chi connectivity index (χ2v) is 3.57. The van der Waals surface area contributed by atoms with Gasteiger partial charge >= 0.3 is 11.9 Å². The lowest BCUT2D eigenvalue weighted by Crippen LogP contribution is -2.41. The first kappa shape index (κ1) is 13.9. The quantitative estimate of drug-likeness (QED) is 0.612. The number of ether oxygens (including phenoxy) is 1. The SMILES string of the molecule is CCOC(=O)CCNC(C(=O)O)C(C)C. The zero-order valence-electron chi connectivity index (χ0n) is 9.45. The van der Waals surface area contributed by atoms with Gasteiger partial charge < -0.3 is 15.2 Å². The van der Waals surface area contributed by atoms with Crippen molar-refractivity contribution >= 4 is 11.9 Å². The molecule has 0 bridgehead atoms. The minimum Gasteiger partial charge on any atom is -0.480 e. The van der Waals surface area contributed by atoms with Gasteiger partial charge in [0.15, 0.2) is 0 Å². The third-order valence-electron chi connectivity index (χ3n) is 1.93. The topological polar surface area (TPSA) is 75.6 Å². The van der Waals surface area contributed by atoms with E-state index in [4.69, 9.17) is 9.84 Å². The Morgan fingerprint density at radius 1 is 1.40 bits per heavy atom. The van der Waals surface area contributed by atoms with Crippen molar-refractivity contribution in [1.82, 2.24) is 5.32 Å². The van der Waals surface area contributed by atoms with Crippen LogP contribution in [0, 0.1) is 5.92 Å². The molecule has 1 atom stereocenters. The highest BCUT2D eigenvalue weighted by Crippen LogP contribution is 2.01. The summed E-state index contributed by atoms with van der Waals surface area (Å²) in [5.41, 5.74) is 0. The summed E-state index contributed by atoms with van der Waals surface area (Å²) < 4.78 is 4.72. The summed E-state index contributed by atoms with van der Waals surface area (Å²) >= 11 is 0. The first-order valence-electron chi connectivity index (χ1n) is 5.10. The van der Waals surface area contributed by atoms with Crippen molar-refractivity contribution < 1.29 is 19.4 Å². The number of nitrogens with one attached hydrogen (secondary N) is 1. The van der Waals surface area contributed by atoms with E-state index in [-0.39, 0.29) is 18.3 Å². The van der Waals surface area contributed by atoms with E-state index in [1.807, 2.05) is 13.8 Å². The number of carbonyl (C=O) groups is 2. The van der Waals surface area contributed by atoms with Crippen LogP contribution in [0.4, 0.5) is 0 Å². The molecule has 0 aliphatic carbocycles. The summed E-state index contributed by atoms with van der Waals surface area (Å²) in [5, 5.41) is 11.6. The molecule has 0 aromatic carbocycles. The normalized spacial score (nSPS) is 12.5. The molecule has 0 aliphatic rings. The molecule has 1 unspecified atom stereocenters. The lowest BCUT2D eigenvalue weighted by Gasteiger charge is -2.17. The Morgan fingerprint density at radius 2 is 2.00 bits per heavy atom. The summed E-state index contributed by atoms with van der Waals surface area (Å²) in [6.45, 7) is 6.05. The van der Waals surface area contributed by atoms with Gasteiger partial charge in [0.2, 0.25) is 0 Å². The maximum Gasteiger partial charge on any atom is 0.320 e. The molecule has 0 rings (SSSR count). The smallest absolute Gasteiger partial charge is 0.320 e. The lowest BCUT2D eigenvalue weighted by molar-refractivity contribution is -0.144. The number of aliphatic carboxylic acids is 1. The predicted octanol–water partition coefficient (Wildman–Crippen LogP) is 0.638. The molecule has 88 valence electrons. The van der Waals surface area contributed by atoms with Gasteiger partial charge in [-0.2, -0.15) is 0 Å². The van der Waals surface area contributed by atoms with Crippen molar-refractivity contribution in [3.05, 3.63) is 0 Å². The van der Waals surface area contributed by atoms with E-state index in [1.165, 1.54) is 0 Å². The van der Waals surface area contributed by atoms with Crippen LogP contribution in [-0.2, 0) is 14.3 Å². The van der Waals surface area contributed by atoms with Crippen LogP contribution in [0.2, 0.25) is 0 Å². The van der Waals surface area contributed by atoms with E-state index in [2.05, 4.69) is 5.32 Å². The van der Waals surface area contributed by atoms with Crippen molar-refractivity contribution in [1.29, 1.82) is 0 Å². The molecular formula is C10H19NO4. The Kier molecular flexibility index (Phi) is 6.70. The van der Waals surface area contributed by atoms with Gasteiger partial charge in [-0.25, -0.2) is 0 Å². The van der Waals surface area contributed by atoms with Crippen LogP contribution in [0.5, 0.6) is 0 Å². The minimum absolute atomic E-state index is 0.00954. The molecule has 0 radical (unpaired) electrons. The Labute approximate surface area is 89.8 Å². The maximum atomic E-state index is 11.0. The fraction of sp³-hybridized carbons (Fsp3) is 0.800. The van der Waals surface area contributed by atoms with E-state index in [0.717, 1.165) is 0 Å². The molecule has 0 aromatic heterocycles. The van der Waals surface area contributed by atoms with Gasteiger partial charge in [-0.05, 0) is 12.8 Å². The molecule has 0 spiro atoms. The third kappa shape index (κ3) is 6.06. The highest BCUT2D eigenvalue weighted by Gasteiger charge is 2.20. The number of carboxylic acid groups (broad SMARTS) is 1. The predicted molar refractivity (Wildman–Crippen MR) is 55.5 cm³/mol. The van der Waals surface area contributed by atoms with Crippen LogP contribution < -0.4 is 5.32 Å². The Morgan fingerprint density at radius 3 is 2.40 bits per heavy atom. The van der Waals surface area contributed by atoms with Gasteiger partial charge in [-0.3, -0.25) is 9.59 Å². The standard InChI is InChI=1S/C10H19NO4/c1-4-15-8(12)5-6-11-9(7(2)3)10(13)14/h7,9,11H,4-6H2,1-3H3,(H,13,14). The average Bonchev–Trinajstić information content (AvgIpc) is 2.11. The van der Waals surface area contributed by atoms with E-state index >= 15 is 0 Å². The zero-order valence-corrected chi connectivity index (χ0v) is 9.45. The molecule has 0 fully saturated rings. The van der Waals surface area contributed by atoms with Crippen LogP contribution in [0.1, 0.15) is 27.2 Å². The van der Waals surface area contributed by atoms with Crippen molar-refractivity contribution in [2.24, 2.45) is 5.92 Å². The van der Waals surface area contributed by atoms with Crippen LogP contribution in [0.15, 0.2) is 0 Å². The molecule has 0 heterocycles. The molecule has 0 amide bonds. The number of carboxylic acids is 1. The Bertz CT molecular complexity index is 215. The number of esters is 1. The van der Waals surface area contributed by atoms with Crippen molar-refractivity contribution in [3.63, 3.8) is 0 Å². The monoisotopic (exact) mass is 217 g/mol. The average molecular weight is 217 g/mol. The summed E-state index contributed by atoms with van der Waals surface area (Å²) in [4.78, 5) is 21.7. The molecule has 0 aromatic rings. The number of hydrogen-bond donors (Lipinski definition) is 2. The zero-order chi connectivity index (χ0) is 11.8. The van der Waals surface area contributed by atoms with Crippen molar-refractivity contribution in [2.45, 2.75) is 33.2 Å². The summed E-state index contributed by atoms with van der Waals surface area (Å²) in [5.74, 6) is -1.21. The fourth-order valence-corrected chi connectivity index (χ4v) is 1.17. The van der Waals surface area contributed by atoms with Gasteiger partial charge in [0, 0.05) is 6.54 Å². The second-order valence-electron chi connectivity index (χ2n) is 3.57. The summed E-state index contributed by atoms with van der Waals surface area (Å²) in [6, 6.07) is -0.612. The van der Waals surface area contributed by atoms with E-state index in [1.54, 1.807) is 6.92 Å². The van der Waals surface area contributed by atoms with Crippen LogP contribution in [-0.4, -0.2) is 36.2 Å². The van der Waals surface area contributed by atoms with Crippen molar-refractivity contribution in [3.8, 4) is 0 Å². The third-order valence-corrected chi connectivity index (χ3v) is 1.93. The second kappa shape index (κ2) is 7.23.